The maximum absolute atomic E-state index is 12.2. The number of hydrogen-bond donors (Lipinski definition) is 2. The lowest BCUT2D eigenvalue weighted by Crippen LogP contribution is -2.66. The third-order valence-corrected chi connectivity index (χ3v) is 7.85. The van der Waals surface area contributed by atoms with Gasteiger partial charge in [0, 0.05) is 43.8 Å². The van der Waals surface area contributed by atoms with Gasteiger partial charge in [-0.05, 0) is 61.1 Å². The molecule has 240 valence electrons. The molecule has 0 amide bonds. The van der Waals surface area contributed by atoms with Crippen LogP contribution in [0.5, 0.6) is 0 Å². The lowest BCUT2D eigenvalue weighted by Gasteiger charge is -2.48. The number of rotatable bonds is 8. The lowest BCUT2D eigenvalue weighted by molar-refractivity contribution is -0.360. The second-order valence-corrected chi connectivity index (χ2v) is 11.6. The molecule has 1 saturated heterocycles. The monoisotopic (exact) mass is 642 g/mol. The lowest BCUT2D eigenvalue weighted by atomic mass is 9.81. The minimum atomic E-state index is -2.48. The highest BCUT2D eigenvalue weighted by atomic mass is 35.5. The van der Waals surface area contributed by atoms with Crippen molar-refractivity contribution in [1.29, 1.82) is 0 Å². The summed E-state index contributed by atoms with van der Waals surface area (Å²) in [6.45, 7) is 3.95. The molecule has 2 N–H and O–H groups in total. The Labute approximate surface area is 265 Å². The fourth-order valence-corrected chi connectivity index (χ4v) is 5.38. The number of halogens is 1. The van der Waals surface area contributed by atoms with E-state index in [-0.39, 0.29) is 5.56 Å². The van der Waals surface area contributed by atoms with Gasteiger partial charge in [-0.25, -0.2) is 0 Å². The van der Waals surface area contributed by atoms with E-state index in [2.05, 4.69) is 11.8 Å². The van der Waals surface area contributed by atoms with E-state index in [0.717, 1.165) is 45.2 Å². The predicted molar refractivity (Wildman–Crippen MR) is 158 cm³/mol. The van der Waals surface area contributed by atoms with E-state index in [4.69, 9.17) is 35.3 Å². The van der Waals surface area contributed by atoms with Crippen molar-refractivity contribution >= 4 is 35.5 Å². The smallest absolute Gasteiger partial charge is 0.303 e. The molecule has 1 heterocycles. The van der Waals surface area contributed by atoms with E-state index in [1.807, 2.05) is 24.3 Å². The van der Waals surface area contributed by atoms with E-state index in [1.165, 1.54) is 12.1 Å². The molecule has 12 heteroatoms. The molecule has 0 radical (unpaired) electrons. The first-order valence-corrected chi connectivity index (χ1v) is 14.8. The van der Waals surface area contributed by atoms with Crippen molar-refractivity contribution in [3.63, 3.8) is 0 Å². The minimum absolute atomic E-state index is 0.0793. The first-order chi connectivity index (χ1) is 21.2. The van der Waals surface area contributed by atoms with E-state index in [0.29, 0.717) is 29.8 Å². The standard InChI is InChI=1S/C33H35ClO11/c1-19(35)41-18-28-29(42-20(2)36)30(43-21(3)37)31(44-22(4)38)33(40,45-28)26-10-11-27(34)25(17-26)16-24-8-6-23(7-9-24)12-15-32(39)13-5-14-32/h6-11,17,28-31,39-40H,5,13-14,16,18H2,1-4H3/t28-,29-,30+,31-,33-/m1/s1. The quantitative estimate of drug-likeness (QED) is 0.248. The zero-order valence-corrected chi connectivity index (χ0v) is 26.1. The van der Waals surface area contributed by atoms with Crippen molar-refractivity contribution in [3.05, 3.63) is 69.7 Å². The van der Waals surface area contributed by atoms with E-state index >= 15 is 0 Å². The molecular formula is C33H35ClO11. The fourth-order valence-electron chi connectivity index (χ4n) is 5.20. The Balaban J connectivity index is 1.71. The molecule has 0 unspecified atom stereocenters. The molecule has 4 rings (SSSR count). The second-order valence-electron chi connectivity index (χ2n) is 11.1. The fraction of sp³-hybridized carbons (Fsp3) is 0.455. The molecule has 2 aromatic carbocycles. The maximum atomic E-state index is 12.2. The zero-order valence-electron chi connectivity index (χ0n) is 25.3. The van der Waals surface area contributed by atoms with Crippen molar-refractivity contribution in [2.45, 2.75) is 89.2 Å². The Kier molecular flexibility index (Phi) is 10.6. The van der Waals surface area contributed by atoms with Crippen molar-refractivity contribution in [1.82, 2.24) is 0 Å². The van der Waals surface area contributed by atoms with Crippen LogP contribution >= 0.6 is 11.6 Å². The van der Waals surface area contributed by atoms with Crippen LogP contribution in [0.2, 0.25) is 5.02 Å². The van der Waals surface area contributed by atoms with Gasteiger partial charge in [0.1, 0.15) is 18.3 Å². The highest BCUT2D eigenvalue weighted by Crippen LogP contribution is 2.42. The summed E-state index contributed by atoms with van der Waals surface area (Å²) in [5, 5.41) is 22.7. The minimum Gasteiger partial charge on any atom is -0.463 e. The molecule has 0 bridgehead atoms. The molecule has 2 aliphatic rings. The average Bonchev–Trinajstić information content (AvgIpc) is 2.94. The molecule has 1 aliphatic carbocycles. The maximum Gasteiger partial charge on any atom is 0.303 e. The molecule has 11 nitrogen and oxygen atoms in total. The van der Waals surface area contributed by atoms with Gasteiger partial charge in [0.2, 0.25) is 11.9 Å². The predicted octanol–water partition coefficient (Wildman–Crippen LogP) is 3.10. The van der Waals surface area contributed by atoms with Crippen LogP contribution in [0, 0.1) is 11.8 Å². The summed E-state index contributed by atoms with van der Waals surface area (Å²) in [6, 6.07) is 11.9. The van der Waals surface area contributed by atoms with Gasteiger partial charge in [-0.15, -0.1) is 0 Å². The number of carbonyl (C=O) groups excluding carboxylic acids is 4. The normalized spacial score (nSPS) is 25.0. The van der Waals surface area contributed by atoms with Crippen molar-refractivity contribution in [2.75, 3.05) is 6.61 Å². The Bertz CT molecular complexity index is 1500. The van der Waals surface area contributed by atoms with Crippen LogP contribution in [0.4, 0.5) is 0 Å². The number of esters is 4. The topological polar surface area (TPSA) is 155 Å². The molecule has 2 fully saturated rings. The van der Waals surface area contributed by atoms with E-state index in [9.17, 15) is 29.4 Å². The summed E-state index contributed by atoms with van der Waals surface area (Å²) in [5.74, 6) is 0.314. The molecule has 1 aliphatic heterocycles. The van der Waals surface area contributed by atoms with Crippen LogP contribution in [-0.2, 0) is 55.1 Å². The first kappa shape index (κ1) is 33.9. The van der Waals surface area contributed by atoms with Crippen LogP contribution < -0.4 is 0 Å². The number of benzene rings is 2. The molecular weight excluding hydrogens is 608 g/mol. The third-order valence-electron chi connectivity index (χ3n) is 7.48. The average molecular weight is 643 g/mol. The Morgan fingerprint density at radius 2 is 1.51 bits per heavy atom. The van der Waals surface area contributed by atoms with Crippen LogP contribution in [0.3, 0.4) is 0 Å². The van der Waals surface area contributed by atoms with Gasteiger partial charge in [-0.1, -0.05) is 41.6 Å². The Morgan fingerprint density at radius 1 is 0.889 bits per heavy atom. The first-order valence-electron chi connectivity index (χ1n) is 14.4. The molecule has 45 heavy (non-hydrogen) atoms. The van der Waals surface area contributed by atoms with Gasteiger partial charge in [-0.3, -0.25) is 19.2 Å². The van der Waals surface area contributed by atoms with Gasteiger partial charge in [0.25, 0.3) is 0 Å². The summed E-state index contributed by atoms with van der Waals surface area (Å²) in [7, 11) is 0. The molecule has 1 saturated carbocycles. The third kappa shape index (κ3) is 8.41. The van der Waals surface area contributed by atoms with E-state index in [1.54, 1.807) is 6.07 Å². The number of hydrogen-bond acceptors (Lipinski definition) is 11. The summed E-state index contributed by atoms with van der Waals surface area (Å²) in [4.78, 5) is 48.1. The van der Waals surface area contributed by atoms with Gasteiger partial charge in [0.05, 0.1) is 0 Å². The van der Waals surface area contributed by atoms with E-state index < -0.39 is 66.3 Å². The summed E-state index contributed by atoms with van der Waals surface area (Å²) in [6.07, 6.45) is -3.43. The number of carbonyl (C=O) groups is 4. The summed E-state index contributed by atoms with van der Waals surface area (Å²) >= 11 is 6.55. The van der Waals surface area contributed by atoms with Gasteiger partial charge >= 0.3 is 23.9 Å². The van der Waals surface area contributed by atoms with Gasteiger partial charge in [0.15, 0.2) is 12.2 Å². The SMILES string of the molecule is CC(=O)OC[C@H]1O[C@](O)(c2ccc(Cl)c(Cc3ccc(C#CC4(O)CCC4)cc3)c2)[C@H](OC(C)=O)[C@@H](OC(C)=O)[C@@H]1OC(C)=O. The Morgan fingerprint density at radius 3 is 2.07 bits per heavy atom. The highest BCUT2D eigenvalue weighted by molar-refractivity contribution is 6.31. The number of ether oxygens (including phenoxy) is 5. The van der Waals surface area contributed by atoms with Crippen molar-refractivity contribution in [2.24, 2.45) is 0 Å². The molecule has 0 aromatic heterocycles. The zero-order chi connectivity index (χ0) is 32.9. The molecule has 2 aromatic rings. The van der Waals surface area contributed by atoms with Crippen LogP contribution in [0.25, 0.3) is 0 Å². The van der Waals surface area contributed by atoms with Crippen LogP contribution in [0.15, 0.2) is 42.5 Å². The van der Waals surface area contributed by atoms with Crippen LogP contribution in [0.1, 0.15) is 69.2 Å². The second kappa shape index (κ2) is 14.0. The molecule has 5 atom stereocenters. The largest absolute Gasteiger partial charge is 0.463 e. The van der Waals surface area contributed by atoms with Crippen molar-refractivity contribution in [3.8, 4) is 11.8 Å². The molecule has 0 spiro atoms. The summed E-state index contributed by atoms with van der Waals surface area (Å²) < 4.78 is 27.5. The van der Waals surface area contributed by atoms with Gasteiger partial charge in [-0.2, -0.15) is 0 Å². The van der Waals surface area contributed by atoms with Crippen molar-refractivity contribution < 1.29 is 53.1 Å². The van der Waals surface area contributed by atoms with Gasteiger partial charge < -0.3 is 33.9 Å². The highest BCUT2D eigenvalue weighted by Gasteiger charge is 2.60. The Hall–Kier alpha value is -3.95. The summed E-state index contributed by atoms with van der Waals surface area (Å²) in [5.41, 5.74) is 1.33. The number of aliphatic hydroxyl groups is 2. The van der Waals surface area contributed by atoms with Crippen LogP contribution in [-0.4, -0.2) is 70.7 Å².